The molecule has 0 saturated carbocycles. The SMILES string of the molecule is CCNC(c1ccc(OC(C)C)cc1)c1cnn(C)c1. The normalized spacial score (nSPS) is 12.7. The number of nitrogens with zero attached hydrogens (tertiary/aromatic N) is 2. The highest BCUT2D eigenvalue weighted by Crippen LogP contribution is 2.24. The monoisotopic (exact) mass is 273 g/mol. The Morgan fingerprint density at radius 1 is 1.20 bits per heavy atom. The van der Waals surface area contributed by atoms with Crippen LogP contribution in [0.15, 0.2) is 36.7 Å². The van der Waals surface area contributed by atoms with Crippen LogP contribution in [0.4, 0.5) is 0 Å². The van der Waals surface area contributed by atoms with Crippen LogP contribution in [0.5, 0.6) is 5.75 Å². The highest BCUT2D eigenvalue weighted by Gasteiger charge is 2.14. The molecule has 0 fully saturated rings. The van der Waals surface area contributed by atoms with Gasteiger partial charge in [0.25, 0.3) is 0 Å². The second-order valence-corrected chi connectivity index (χ2v) is 5.17. The second-order valence-electron chi connectivity index (χ2n) is 5.17. The van der Waals surface area contributed by atoms with Crippen molar-refractivity contribution in [3.8, 4) is 5.75 Å². The number of aromatic nitrogens is 2. The standard InChI is InChI=1S/C16H23N3O/c1-5-17-16(14-10-18-19(4)11-14)13-6-8-15(9-7-13)20-12(2)3/h6-12,16-17H,5H2,1-4H3. The zero-order valence-electron chi connectivity index (χ0n) is 12.6. The maximum atomic E-state index is 5.68. The van der Waals surface area contributed by atoms with E-state index in [1.165, 1.54) is 11.1 Å². The maximum absolute atomic E-state index is 5.68. The summed E-state index contributed by atoms with van der Waals surface area (Å²) in [6, 6.07) is 8.43. The number of benzene rings is 1. The summed E-state index contributed by atoms with van der Waals surface area (Å²) in [5.74, 6) is 0.908. The van der Waals surface area contributed by atoms with E-state index in [4.69, 9.17) is 4.74 Å². The summed E-state index contributed by atoms with van der Waals surface area (Å²) >= 11 is 0. The van der Waals surface area contributed by atoms with E-state index in [2.05, 4.69) is 29.5 Å². The van der Waals surface area contributed by atoms with Crippen LogP contribution < -0.4 is 10.1 Å². The molecule has 0 bridgehead atoms. The third-order valence-electron chi connectivity index (χ3n) is 3.05. The van der Waals surface area contributed by atoms with Crippen LogP contribution in [0.25, 0.3) is 0 Å². The minimum Gasteiger partial charge on any atom is -0.491 e. The molecule has 1 aromatic carbocycles. The van der Waals surface area contributed by atoms with Crippen molar-refractivity contribution in [3.05, 3.63) is 47.8 Å². The molecule has 0 radical (unpaired) electrons. The summed E-state index contributed by atoms with van der Waals surface area (Å²) in [5, 5.41) is 7.75. The van der Waals surface area contributed by atoms with Crippen LogP contribution in [0.3, 0.4) is 0 Å². The van der Waals surface area contributed by atoms with Gasteiger partial charge in [0.15, 0.2) is 0 Å². The van der Waals surface area contributed by atoms with Gasteiger partial charge in [-0.25, -0.2) is 0 Å². The molecule has 0 aliphatic carbocycles. The van der Waals surface area contributed by atoms with E-state index in [0.29, 0.717) is 0 Å². The largest absolute Gasteiger partial charge is 0.491 e. The Morgan fingerprint density at radius 2 is 1.90 bits per heavy atom. The molecule has 2 aromatic rings. The van der Waals surface area contributed by atoms with Crippen LogP contribution in [0.1, 0.15) is 37.9 Å². The van der Waals surface area contributed by atoms with Crippen molar-refractivity contribution in [2.24, 2.45) is 7.05 Å². The number of rotatable bonds is 6. The third kappa shape index (κ3) is 3.61. The lowest BCUT2D eigenvalue weighted by atomic mass is 10.0. The molecule has 4 heteroatoms. The van der Waals surface area contributed by atoms with Crippen LogP contribution in [0.2, 0.25) is 0 Å². The molecule has 1 heterocycles. The molecule has 0 aliphatic heterocycles. The van der Waals surface area contributed by atoms with Gasteiger partial charge in [0, 0.05) is 18.8 Å². The molecule has 0 aliphatic rings. The molecule has 0 amide bonds. The number of aryl methyl sites for hydroxylation is 1. The van der Waals surface area contributed by atoms with E-state index >= 15 is 0 Å². The Labute approximate surface area is 120 Å². The quantitative estimate of drug-likeness (QED) is 0.879. The van der Waals surface area contributed by atoms with Crippen LogP contribution in [-0.2, 0) is 7.05 Å². The molecular formula is C16H23N3O. The molecule has 2 rings (SSSR count). The highest BCUT2D eigenvalue weighted by atomic mass is 16.5. The molecule has 4 nitrogen and oxygen atoms in total. The summed E-state index contributed by atoms with van der Waals surface area (Å²) in [5.41, 5.74) is 2.39. The summed E-state index contributed by atoms with van der Waals surface area (Å²) in [7, 11) is 1.94. The molecule has 1 N–H and O–H groups in total. The number of hydrogen-bond donors (Lipinski definition) is 1. The van der Waals surface area contributed by atoms with Crippen molar-refractivity contribution in [1.82, 2.24) is 15.1 Å². The maximum Gasteiger partial charge on any atom is 0.119 e. The first kappa shape index (κ1) is 14.6. The first-order chi connectivity index (χ1) is 9.60. The molecule has 1 aromatic heterocycles. The van der Waals surface area contributed by atoms with Crippen LogP contribution in [-0.4, -0.2) is 22.4 Å². The second kappa shape index (κ2) is 6.57. The Morgan fingerprint density at radius 3 is 2.40 bits per heavy atom. The van der Waals surface area contributed by atoms with Gasteiger partial charge in [-0.1, -0.05) is 19.1 Å². The van der Waals surface area contributed by atoms with Gasteiger partial charge in [0.05, 0.1) is 18.3 Å². The topological polar surface area (TPSA) is 39.1 Å². The fraction of sp³-hybridized carbons (Fsp3) is 0.438. The van der Waals surface area contributed by atoms with Crippen LogP contribution >= 0.6 is 0 Å². The fourth-order valence-electron chi connectivity index (χ4n) is 2.23. The van der Waals surface area contributed by atoms with Crippen molar-refractivity contribution in [1.29, 1.82) is 0 Å². The van der Waals surface area contributed by atoms with Gasteiger partial charge in [-0.3, -0.25) is 4.68 Å². The number of ether oxygens (including phenoxy) is 1. The predicted molar refractivity (Wildman–Crippen MR) is 80.9 cm³/mol. The number of nitrogens with one attached hydrogen (secondary N) is 1. The van der Waals surface area contributed by atoms with Gasteiger partial charge >= 0.3 is 0 Å². The fourth-order valence-corrected chi connectivity index (χ4v) is 2.23. The smallest absolute Gasteiger partial charge is 0.119 e. The number of hydrogen-bond acceptors (Lipinski definition) is 3. The molecule has 0 spiro atoms. The van der Waals surface area contributed by atoms with Gasteiger partial charge in [0.2, 0.25) is 0 Å². The molecule has 0 saturated heterocycles. The lowest BCUT2D eigenvalue weighted by Gasteiger charge is -2.18. The van der Waals surface area contributed by atoms with Gasteiger partial charge in [-0.05, 0) is 38.1 Å². The van der Waals surface area contributed by atoms with E-state index in [0.717, 1.165) is 12.3 Å². The van der Waals surface area contributed by atoms with Crippen molar-refractivity contribution < 1.29 is 4.74 Å². The first-order valence-corrected chi connectivity index (χ1v) is 7.08. The van der Waals surface area contributed by atoms with E-state index in [1.807, 2.05) is 50.1 Å². The molecule has 1 atom stereocenters. The zero-order chi connectivity index (χ0) is 14.5. The van der Waals surface area contributed by atoms with Crippen molar-refractivity contribution in [2.45, 2.75) is 32.9 Å². The van der Waals surface area contributed by atoms with Crippen molar-refractivity contribution in [3.63, 3.8) is 0 Å². The van der Waals surface area contributed by atoms with Crippen molar-refractivity contribution in [2.75, 3.05) is 6.54 Å². The summed E-state index contributed by atoms with van der Waals surface area (Å²) in [4.78, 5) is 0. The highest BCUT2D eigenvalue weighted by molar-refractivity contribution is 5.34. The Kier molecular flexibility index (Phi) is 4.79. The Bertz CT molecular complexity index is 531. The minimum atomic E-state index is 0.168. The molecule has 108 valence electrons. The van der Waals surface area contributed by atoms with Gasteiger partial charge in [-0.15, -0.1) is 0 Å². The average molecular weight is 273 g/mol. The van der Waals surface area contributed by atoms with Gasteiger partial charge in [-0.2, -0.15) is 5.10 Å². The molecule has 20 heavy (non-hydrogen) atoms. The zero-order valence-corrected chi connectivity index (χ0v) is 12.6. The Hall–Kier alpha value is -1.81. The summed E-state index contributed by atoms with van der Waals surface area (Å²) in [6.07, 6.45) is 4.15. The van der Waals surface area contributed by atoms with E-state index in [9.17, 15) is 0 Å². The minimum absolute atomic E-state index is 0.168. The third-order valence-corrected chi connectivity index (χ3v) is 3.05. The predicted octanol–water partition coefficient (Wildman–Crippen LogP) is 2.91. The van der Waals surface area contributed by atoms with Gasteiger partial charge in [0.1, 0.15) is 5.75 Å². The van der Waals surface area contributed by atoms with E-state index in [-0.39, 0.29) is 12.1 Å². The summed E-state index contributed by atoms with van der Waals surface area (Å²) < 4.78 is 7.51. The average Bonchev–Trinajstić information content (AvgIpc) is 2.83. The first-order valence-electron chi connectivity index (χ1n) is 7.08. The summed E-state index contributed by atoms with van der Waals surface area (Å²) in [6.45, 7) is 7.08. The van der Waals surface area contributed by atoms with E-state index in [1.54, 1.807) is 0 Å². The lowest BCUT2D eigenvalue weighted by Crippen LogP contribution is -2.21. The Balaban J connectivity index is 2.21. The molecular weight excluding hydrogens is 250 g/mol. The lowest BCUT2D eigenvalue weighted by molar-refractivity contribution is 0.242. The van der Waals surface area contributed by atoms with Gasteiger partial charge < -0.3 is 10.1 Å². The van der Waals surface area contributed by atoms with Crippen LogP contribution in [0, 0.1) is 0 Å². The van der Waals surface area contributed by atoms with Crippen molar-refractivity contribution >= 4 is 0 Å². The molecule has 1 unspecified atom stereocenters. The van der Waals surface area contributed by atoms with E-state index < -0.39 is 0 Å².